The average molecular weight is 269 g/mol. The van der Waals surface area contributed by atoms with Crippen LogP contribution in [-0.2, 0) is 0 Å². The number of pyridine rings is 1. The highest BCUT2D eigenvalue weighted by Gasteiger charge is 2.22. The van der Waals surface area contributed by atoms with Crippen molar-refractivity contribution >= 4 is 29.1 Å². The second-order valence-electron chi connectivity index (χ2n) is 2.85. The molecule has 8 heteroatoms. The maximum absolute atomic E-state index is 10.8. The van der Waals surface area contributed by atoms with E-state index in [-0.39, 0.29) is 15.9 Å². The summed E-state index contributed by atoms with van der Waals surface area (Å²) in [5.41, 5.74) is -0.301. The van der Waals surface area contributed by atoms with Gasteiger partial charge < -0.3 is 0 Å². The fourth-order valence-corrected chi connectivity index (χ4v) is 2.16. The summed E-state index contributed by atoms with van der Waals surface area (Å²) in [4.78, 5) is 21.7. The summed E-state index contributed by atoms with van der Waals surface area (Å²) in [6.45, 7) is 0. The standard InChI is InChI=1S/C9H5ClN4O2S/c10-8-7(14(15)16)9(13-5-12-8)17-6-3-1-2-4-11-6/h1-5H. The van der Waals surface area contributed by atoms with E-state index in [1.807, 2.05) is 0 Å². The van der Waals surface area contributed by atoms with Crippen LogP contribution in [0.3, 0.4) is 0 Å². The Morgan fingerprint density at radius 1 is 1.29 bits per heavy atom. The van der Waals surface area contributed by atoms with Crippen molar-refractivity contribution in [2.45, 2.75) is 10.1 Å². The smallest absolute Gasteiger partial charge is 0.258 e. The van der Waals surface area contributed by atoms with Gasteiger partial charge in [0.2, 0.25) is 5.15 Å². The number of nitrogens with zero attached hydrogens (tertiary/aromatic N) is 4. The fraction of sp³-hybridized carbons (Fsp3) is 0. The zero-order valence-electron chi connectivity index (χ0n) is 8.28. The predicted octanol–water partition coefficient (Wildman–Crippen LogP) is 2.58. The highest BCUT2D eigenvalue weighted by molar-refractivity contribution is 7.99. The van der Waals surface area contributed by atoms with E-state index in [0.717, 1.165) is 11.8 Å². The molecule has 0 aliphatic heterocycles. The molecule has 0 saturated carbocycles. The van der Waals surface area contributed by atoms with Crippen LogP contribution in [0.5, 0.6) is 0 Å². The summed E-state index contributed by atoms with van der Waals surface area (Å²) in [6, 6.07) is 5.26. The number of hydrogen-bond acceptors (Lipinski definition) is 6. The van der Waals surface area contributed by atoms with Crippen LogP contribution in [0.2, 0.25) is 5.15 Å². The third-order valence-electron chi connectivity index (χ3n) is 1.77. The summed E-state index contributed by atoms with van der Waals surface area (Å²) < 4.78 is 0. The van der Waals surface area contributed by atoms with E-state index in [2.05, 4.69) is 15.0 Å². The van der Waals surface area contributed by atoms with E-state index >= 15 is 0 Å². The van der Waals surface area contributed by atoms with Crippen LogP contribution in [0.4, 0.5) is 5.69 Å². The van der Waals surface area contributed by atoms with Crippen LogP contribution in [0.15, 0.2) is 40.8 Å². The number of rotatable bonds is 3. The zero-order valence-corrected chi connectivity index (χ0v) is 9.85. The molecule has 0 aromatic carbocycles. The summed E-state index contributed by atoms with van der Waals surface area (Å²) in [5.74, 6) is 0. The number of halogens is 1. The second-order valence-corrected chi connectivity index (χ2v) is 4.21. The first kappa shape index (κ1) is 11.7. The maximum Gasteiger partial charge on any atom is 0.338 e. The first-order valence-corrected chi connectivity index (χ1v) is 5.61. The summed E-state index contributed by atoms with van der Waals surface area (Å²) in [5, 5.41) is 11.4. The molecule has 0 radical (unpaired) electrons. The van der Waals surface area contributed by atoms with Crippen LogP contribution in [-0.4, -0.2) is 19.9 Å². The van der Waals surface area contributed by atoms with E-state index in [0.29, 0.717) is 5.03 Å². The number of hydrogen-bond donors (Lipinski definition) is 0. The van der Waals surface area contributed by atoms with Gasteiger partial charge in [-0.25, -0.2) is 15.0 Å². The molecule has 0 spiro atoms. The molecular formula is C9H5ClN4O2S. The maximum atomic E-state index is 10.8. The van der Waals surface area contributed by atoms with Crippen molar-refractivity contribution in [2.24, 2.45) is 0 Å². The van der Waals surface area contributed by atoms with Crippen molar-refractivity contribution in [1.82, 2.24) is 15.0 Å². The molecule has 0 aliphatic rings. The highest BCUT2D eigenvalue weighted by Crippen LogP contribution is 2.34. The van der Waals surface area contributed by atoms with Crippen LogP contribution in [0, 0.1) is 10.1 Å². The lowest BCUT2D eigenvalue weighted by Gasteiger charge is -2.01. The molecule has 0 N–H and O–H groups in total. The van der Waals surface area contributed by atoms with Gasteiger partial charge in [-0.2, -0.15) is 0 Å². The third-order valence-corrected chi connectivity index (χ3v) is 2.98. The number of nitro groups is 1. The van der Waals surface area contributed by atoms with Crippen LogP contribution >= 0.6 is 23.4 Å². The Morgan fingerprint density at radius 2 is 2.12 bits per heavy atom. The Bertz CT molecular complexity index is 552. The minimum atomic E-state index is -0.604. The summed E-state index contributed by atoms with van der Waals surface area (Å²) in [6.07, 6.45) is 2.78. The van der Waals surface area contributed by atoms with E-state index in [9.17, 15) is 10.1 Å². The lowest BCUT2D eigenvalue weighted by Crippen LogP contribution is -1.96. The van der Waals surface area contributed by atoms with Gasteiger partial charge in [0.15, 0.2) is 5.03 Å². The Kier molecular flexibility index (Phi) is 3.50. The molecule has 2 aromatic heterocycles. The molecule has 17 heavy (non-hydrogen) atoms. The second kappa shape index (κ2) is 5.07. The molecule has 0 amide bonds. The Balaban J connectivity index is 2.40. The van der Waals surface area contributed by atoms with Crippen molar-refractivity contribution in [3.63, 3.8) is 0 Å². The third kappa shape index (κ3) is 2.69. The Morgan fingerprint density at radius 3 is 2.76 bits per heavy atom. The quantitative estimate of drug-likeness (QED) is 0.483. The topological polar surface area (TPSA) is 81.8 Å². The van der Waals surface area contributed by atoms with Crippen molar-refractivity contribution in [3.05, 3.63) is 46.0 Å². The lowest BCUT2D eigenvalue weighted by atomic mass is 10.5. The van der Waals surface area contributed by atoms with E-state index < -0.39 is 4.92 Å². The van der Waals surface area contributed by atoms with E-state index in [1.54, 1.807) is 24.4 Å². The molecular weight excluding hydrogens is 264 g/mol. The van der Waals surface area contributed by atoms with Crippen molar-refractivity contribution in [3.8, 4) is 0 Å². The predicted molar refractivity (Wildman–Crippen MR) is 62.1 cm³/mol. The molecule has 86 valence electrons. The summed E-state index contributed by atoms with van der Waals surface area (Å²) in [7, 11) is 0. The van der Waals surface area contributed by atoms with Gasteiger partial charge in [-0.3, -0.25) is 10.1 Å². The van der Waals surface area contributed by atoms with Crippen LogP contribution in [0.25, 0.3) is 0 Å². The minimum absolute atomic E-state index is 0.175. The molecule has 0 aliphatic carbocycles. The molecule has 2 rings (SSSR count). The lowest BCUT2D eigenvalue weighted by molar-refractivity contribution is -0.388. The van der Waals surface area contributed by atoms with Crippen molar-refractivity contribution in [2.75, 3.05) is 0 Å². The average Bonchev–Trinajstić information content (AvgIpc) is 2.30. The largest absolute Gasteiger partial charge is 0.338 e. The van der Waals surface area contributed by atoms with Crippen LogP contribution < -0.4 is 0 Å². The first-order valence-electron chi connectivity index (χ1n) is 4.42. The molecule has 0 bridgehead atoms. The van der Waals surface area contributed by atoms with Gasteiger partial charge in [-0.05, 0) is 23.9 Å². The van der Waals surface area contributed by atoms with Gasteiger partial charge in [0.25, 0.3) is 0 Å². The zero-order chi connectivity index (χ0) is 12.3. The Hall–Kier alpha value is -1.73. The molecule has 0 unspecified atom stereocenters. The normalized spacial score (nSPS) is 10.2. The van der Waals surface area contributed by atoms with Gasteiger partial charge in [-0.15, -0.1) is 0 Å². The molecule has 0 atom stereocenters. The van der Waals surface area contributed by atoms with Crippen molar-refractivity contribution < 1.29 is 4.92 Å². The molecule has 6 nitrogen and oxygen atoms in total. The van der Waals surface area contributed by atoms with Gasteiger partial charge in [0, 0.05) is 6.20 Å². The molecule has 2 aromatic rings. The molecule has 0 saturated heterocycles. The fourth-order valence-electron chi connectivity index (χ4n) is 1.08. The van der Waals surface area contributed by atoms with E-state index in [4.69, 9.17) is 11.6 Å². The van der Waals surface area contributed by atoms with Gasteiger partial charge >= 0.3 is 5.69 Å². The van der Waals surface area contributed by atoms with Crippen molar-refractivity contribution in [1.29, 1.82) is 0 Å². The SMILES string of the molecule is O=[N+]([O-])c1c(Cl)ncnc1Sc1ccccn1. The summed E-state index contributed by atoms with van der Waals surface area (Å²) >= 11 is 6.73. The van der Waals surface area contributed by atoms with Gasteiger partial charge in [0.1, 0.15) is 11.4 Å². The van der Waals surface area contributed by atoms with Gasteiger partial charge in [-0.1, -0.05) is 17.7 Å². The number of aromatic nitrogens is 3. The van der Waals surface area contributed by atoms with E-state index in [1.165, 1.54) is 6.33 Å². The molecule has 0 fully saturated rings. The Labute approximate surface area is 105 Å². The van der Waals surface area contributed by atoms with Gasteiger partial charge in [0.05, 0.1) is 4.92 Å². The molecule has 2 heterocycles. The first-order chi connectivity index (χ1) is 8.18. The minimum Gasteiger partial charge on any atom is -0.258 e. The monoisotopic (exact) mass is 268 g/mol. The highest BCUT2D eigenvalue weighted by atomic mass is 35.5. The van der Waals surface area contributed by atoms with Crippen LogP contribution in [0.1, 0.15) is 0 Å².